The van der Waals surface area contributed by atoms with Gasteiger partial charge in [0.1, 0.15) is 11.8 Å². The van der Waals surface area contributed by atoms with Gasteiger partial charge in [0.15, 0.2) is 6.61 Å². The third kappa shape index (κ3) is 8.54. The molecule has 3 rings (SSSR count). The van der Waals surface area contributed by atoms with Crippen LogP contribution in [0.4, 0.5) is 0 Å². The van der Waals surface area contributed by atoms with Gasteiger partial charge in [0.25, 0.3) is 5.91 Å². The first kappa shape index (κ1) is 28.0. The molecule has 2 amide bonds. The molecular formula is C28H29BrCl2N2O3. The van der Waals surface area contributed by atoms with E-state index in [-0.39, 0.29) is 30.9 Å². The lowest BCUT2D eigenvalue weighted by molar-refractivity contribution is -0.142. The smallest absolute Gasteiger partial charge is 0.261 e. The Kier molecular flexibility index (Phi) is 10.7. The molecule has 0 saturated heterocycles. The minimum absolute atomic E-state index is 0.130. The van der Waals surface area contributed by atoms with E-state index in [9.17, 15) is 9.59 Å². The van der Waals surface area contributed by atoms with Crippen LogP contribution < -0.4 is 10.1 Å². The second kappa shape index (κ2) is 13.7. The van der Waals surface area contributed by atoms with E-state index in [4.69, 9.17) is 27.9 Å². The standard InChI is InChI=1S/C28H29BrCl2N2O3/c1-19(2)16-32-28(35)26(14-20-6-4-3-5-7-20)33(17-21-8-11-23(30)15-25(21)31)27(34)18-36-24-12-9-22(29)10-13-24/h3-13,15,19,26H,14,16-18H2,1-2H3,(H,32,35)/t26-/m0/s1. The highest BCUT2D eigenvalue weighted by atomic mass is 79.9. The number of nitrogens with zero attached hydrogens (tertiary/aromatic N) is 1. The first-order chi connectivity index (χ1) is 17.2. The van der Waals surface area contributed by atoms with Crippen molar-refractivity contribution in [3.8, 4) is 5.75 Å². The van der Waals surface area contributed by atoms with E-state index >= 15 is 0 Å². The van der Waals surface area contributed by atoms with Crippen molar-refractivity contribution in [1.29, 1.82) is 0 Å². The van der Waals surface area contributed by atoms with Gasteiger partial charge in [0.05, 0.1) is 0 Å². The topological polar surface area (TPSA) is 58.6 Å². The number of nitrogens with one attached hydrogen (secondary N) is 1. The Morgan fingerprint density at radius 1 is 1.00 bits per heavy atom. The minimum atomic E-state index is -0.765. The van der Waals surface area contributed by atoms with E-state index in [1.165, 1.54) is 4.90 Å². The van der Waals surface area contributed by atoms with E-state index in [0.717, 1.165) is 10.0 Å². The maximum Gasteiger partial charge on any atom is 0.261 e. The van der Waals surface area contributed by atoms with E-state index in [1.807, 2.05) is 56.3 Å². The quantitative estimate of drug-likeness (QED) is 0.275. The van der Waals surface area contributed by atoms with Crippen LogP contribution in [0.2, 0.25) is 10.0 Å². The lowest BCUT2D eigenvalue weighted by atomic mass is 10.0. The van der Waals surface area contributed by atoms with Crippen molar-refractivity contribution < 1.29 is 14.3 Å². The molecular weight excluding hydrogens is 563 g/mol. The molecule has 0 aliphatic rings. The summed E-state index contributed by atoms with van der Waals surface area (Å²) < 4.78 is 6.68. The number of hydrogen-bond acceptors (Lipinski definition) is 3. The molecule has 1 atom stereocenters. The SMILES string of the molecule is CC(C)CNC(=O)[C@H](Cc1ccccc1)N(Cc1ccc(Cl)cc1Cl)C(=O)COc1ccc(Br)cc1. The Balaban J connectivity index is 1.92. The largest absolute Gasteiger partial charge is 0.484 e. The summed E-state index contributed by atoms with van der Waals surface area (Å²) >= 11 is 15.9. The van der Waals surface area contributed by atoms with Gasteiger partial charge in [0.2, 0.25) is 5.91 Å². The van der Waals surface area contributed by atoms with E-state index in [1.54, 1.807) is 30.3 Å². The summed E-state index contributed by atoms with van der Waals surface area (Å²) in [6.45, 7) is 4.45. The normalized spacial score (nSPS) is 11.7. The van der Waals surface area contributed by atoms with Crippen LogP contribution in [0, 0.1) is 5.92 Å². The summed E-state index contributed by atoms with van der Waals surface area (Å²) in [5.74, 6) is 0.265. The van der Waals surface area contributed by atoms with Crippen LogP contribution >= 0.6 is 39.1 Å². The number of ether oxygens (including phenoxy) is 1. The maximum absolute atomic E-state index is 13.6. The molecule has 0 aliphatic heterocycles. The van der Waals surface area contributed by atoms with Crippen LogP contribution in [0.5, 0.6) is 5.75 Å². The first-order valence-electron chi connectivity index (χ1n) is 11.7. The Morgan fingerprint density at radius 3 is 2.33 bits per heavy atom. The summed E-state index contributed by atoms with van der Waals surface area (Å²) in [6.07, 6.45) is 0.347. The molecule has 0 heterocycles. The summed E-state index contributed by atoms with van der Waals surface area (Å²) in [6, 6.07) is 21.2. The molecule has 5 nitrogen and oxygen atoms in total. The molecule has 0 radical (unpaired) electrons. The fourth-order valence-corrected chi connectivity index (χ4v) is 4.30. The molecule has 0 saturated carbocycles. The van der Waals surface area contributed by atoms with Crippen LogP contribution in [-0.4, -0.2) is 35.9 Å². The number of carbonyl (C=O) groups excluding carboxylic acids is 2. The zero-order valence-electron chi connectivity index (χ0n) is 20.2. The lowest BCUT2D eigenvalue weighted by Crippen LogP contribution is -2.52. The molecule has 8 heteroatoms. The van der Waals surface area contributed by atoms with Crippen LogP contribution in [0.15, 0.2) is 77.3 Å². The van der Waals surface area contributed by atoms with Gasteiger partial charge in [-0.3, -0.25) is 9.59 Å². The predicted octanol–water partition coefficient (Wildman–Crippen LogP) is 6.55. The van der Waals surface area contributed by atoms with E-state index in [2.05, 4.69) is 21.2 Å². The average molecular weight is 592 g/mol. The molecule has 0 unspecified atom stereocenters. The summed E-state index contributed by atoms with van der Waals surface area (Å²) in [5, 5.41) is 3.92. The van der Waals surface area contributed by atoms with Crippen LogP contribution in [0.3, 0.4) is 0 Å². The molecule has 0 aliphatic carbocycles. The zero-order valence-corrected chi connectivity index (χ0v) is 23.3. The first-order valence-corrected chi connectivity index (χ1v) is 13.2. The van der Waals surface area contributed by atoms with Crippen molar-refractivity contribution in [3.05, 3.63) is 98.4 Å². The van der Waals surface area contributed by atoms with Crippen LogP contribution in [-0.2, 0) is 22.6 Å². The number of halogens is 3. The van der Waals surface area contributed by atoms with Crippen molar-refractivity contribution >= 4 is 50.9 Å². The van der Waals surface area contributed by atoms with E-state index in [0.29, 0.717) is 34.3 Å². The van der Waals surface area contributed by atoms with Gasteiger partial charge < -0.3 is 15.0 Å². The van der Waals surface area contributed by atoms with E-state index < -0.39 is 6.04 Å². The summed E-state index contributed by atoms with van der Waals surface area (Å²) in [4.78, 5) is 28.6. The highest BCUT2D eigenvalue weighted by Crippen LogP contribution is 2.24. The van der Waals surface area contributed by atoms with Crippen LogP contribution in [0.25, 0.3) is 0 Å². The highest BCUT2D eigenvalue weighted by molar-refractivity contribution is 9.10. The van der Waals surface area contributed by atoms with Gasteiger partial charge in [-0.05, 0) is 53.4 Å². The molecule has 36 heavy (non-hydrogen) atoms. The molecule has 0 spiro atoms. The Hall–Kier alpha value is -2.54. The number of benzene rings is 3. The average Bonchev–Trinajstić information content (AvgIpc) is 2.86. The van der Waals surface area contributed by atoms with Crippen molar-refractivity contribution in [3.63, 3.8) is 0 Å². The third-order valence-corrected chi connectivity index (χ3v) is 6.60. The Bertz CT molecular complexity index is 1160. The molecule has 3 aromatic rings. The molecule has 1 N–H and O–H groups in total. The molecule has 190 valence electrons. The van der Waals surface area contributed by atoms with Gasteiger partial charge in [-0.1, -0.05) is 89.4 Å². The second-order valence-corrected chi connectivity index (χ2v) is 10.6. The molecule has 0 fully saturated rings. The number of hydrogen-bond donors (Lipinski definition) is 1. The molecule has 0 aromatic heterocycles. The van der Waals surface area contributed by atoms with Gasteiger partial charge >= 0.3 is 0 Å². The van der Waals surface area contributed by atoms with Gasteiger partial charge in [-0.25, -0.2) is 0 Å². The van der Waals surface area contributed by atoms with Gasteiger partial charge in [-0.15, -0.1) is 0 Å². The third-order valence-electron chi connectivity index (χ3n) is 5.49. The maximum atomic E-state index is 13.6. The summed E-state index contributed by atoms with van der Waals surface area (Å²) in [5.41, 5.74) is 1.63. The monoisotopic (exact) mass is 590 g/mol. The molecule has 3 aromatic carbocycles. The second-order valence-electron chi connectivity index (χ2n) is 8.84. The van der Waals surface area contributed by atoms with Crippen molar-refractivity contribution in [2.24, 2.45) is 5.92 Å². The van der Waals surface area contributed by atoms with Gasteiger partial charge in [0, 0.05) is 34.0 Å². The fraction of sp³-hybridized carbons (Fsp3) is 0.286. The van der Waals surface area contributed by atoms with Crippen molar-refractivity contribution in [2.45, 2.75) is 32.9 Å². The Labute approximate surface area is 230 Å². The van der Waals surface area contributed by atoms with Crippen LogP contribution in [0.1, 0.15) is 25.0 Å². The number of carbonyl (C=O) groups is 2. The predicted molar refractivity (Wildman–Crippen MR) is 148 cm³/mol. The van der Waals surface area contributed by atoms with Gasteiger partial charge in [-0.2, -0.15) is 0 Å². The van der Waals surface area contributed by atoms with Crippen molar-refractivity contribution in [1.82, 2.24) is 10.2 Å². The number of rotatable bonds is 11. The van der Waals surface area contributed by atoms with Crippen molar-refractivity contribution in [2.75, 3.05) is 13.2 Å². The minimum Gasteiger partial charge on any atom is -0.484 e. The fourth-order valence-electron chi connectivity index (χ4n) is 3.57. The zero-order chi connectivity index (χ0) is 26.1. The lowest BCUT2D eigenvalue weighted by Gasteiger charge is -2.32. The summed E-state index contributed by atoms with van der Waals surface area (Å²) in [7, 11) is 0. The highest BCUT2D eigenvalue weighted by Gasteiger charge is 2.31. The molecule has 0 bridgehead atoms. The number of amides is 2. The Morgan fingerprint density at radius 2 is 1.69 bits per heavy atom.